The van der Waals surface area contributed by atoms with Gasteiger partial charge in [0.15, 0.2) is 0 Å². The molecule has 2 aliphatic rings. The number of ether oxygens (including phenoxy) is 1. The normalized spacial score (nSPS) is 20.7. The molecule has 1 aliphatic heterocycles. The van der Waals surface area contributed by atoms with Gasteiger partial charge in [0.2, 0.25) is 5.88 Å². The molecule has 1 aliphatic carbocycles. The minimum atomic E-state index is -0.941. The number of amides is 1. The molecule has 2 fully saturated rings. The zero-order chi connectivity index (χ0) is 27.3. The molecule has 9 heteroatoms. The number of carbonyl (C=O) groups excluding carboxylic acids is 1. The second kappa shape index (κ2) is 12.2. The Hall–Kier alpha value is -3.09. The number of piperidine rings is 1. The molecule has 1 saturated heterocycles. The topological polar surface area (TPSA) is 104 Å². The highest BCUT2D eigenvalue weighted by atomic mass is 32.1. The van der Waals surface area contributed by atoms with E-state index in [-0.39, 0.29) is 29.5 Å². The Labute approximate surface area is 229 Å². The number of nitrogens with zero attached hydrogens (tertiary/aromatic N) is 2. The highest BCUT2D eigenvalue weighted by molar-refractivity contribution is 7.15. The Morgan fingerprint density at radius 1 is 1.11 bits per heavy atom. The van der Waals surface area contributed by atoms with Gasteiger partial charge >= 0.3 is 5.97 Å². The maximum absolute atomic E-state index is 12.8. The number of carbonyl (C=O) groups is 2. The van der Waals surface area contributed by atoms with E-state index in [1.807, 2.05) is 26.8 Å². The lowest BCUT2D eigenvalue weighted by Crippen LogP contribution is -2.43. The number of aromatic nitrogens is 1. The van der Waals surface area contributed by atoms with Crippen molar-refractivity contribution in [2.24, 2.45) is 5.41 Å². The van der Waals surface area contributed by atoms with Crippen LogP contribution in [-0.2, 0) is 0 Å². The average molecular weight is 539 g/mol. The monoisotopic (exact) mass is 538 g/mol. The number of nitrogens with one attached hydrogen (secondary N) is 2. The van der Waals surface area contributed by atoms with Gasteiger partial charge in [-0.3, -0.25) is 4.79 Å². The highest BCUT2D eigenvalue weighted by Crippen LogP contribution is 2.31. The van der Waals surface area contributed by atoms with Crippen molar-refractivity contribution in [3.8, 4) is 17.7 Å². The van der Waals surface area contributed by atoms with Crippen LogP contribution in [0.1, 0.15) is 84.2 Å². The van der Waals surface area contributed by atoms with E-state index in [4.69, 9.17) is 4.74 Å². The van der Waals surface area contributed by atoms with Gasteiger partial charge in [-0.2, -0.15) is 0 Å². The second-order valence-electron chi connectivity index (χ2n) is 11.3. The molecule has 2 aromatic rings. The first-order valence-corrected chi connectivity index (χ1v) is 14.2. The van der Waals surface area contributed by atoms with Gasteiger partial charge in [0.05, 0.1) is 10.6 Å². The van der Waals surface area contributed by atoms with E-state index in [0.717, 1.165) is 56.5 Å². The molecule has 8 nitrogen and oxygen atoms in total. The summed E-state index contributed by atoms with van der Waals surface area (Å²) in [5.74, 6) is 5.73. The summed E-state index contributed by atoms with van der Waals surface area (Å²) < 4.78 is 6.14. The van der Waals surface area contributed by atoms with Gasteiger partial charge in [0, 0.05) is 35.3 Å². The smallest absolute Gasteiger partial charge is 0.348 e. The maximum atomic E-state index is 12.8. The number of hydrogen-bond acceptors (Lipinski definition) is 7. The second-order valence-corrected chi connectivity index (χ2v) is 12.4. The van der Waals surface area contributed by atoms with E-state index in [0.29, 0.717) is 22.0 Å². The fraction of sp³-hybridized carbons (Fsp3) is 0.552. The molecule has 0 bridgehead atoms. The third-order valence-electron chi connectivity index (χ3n) is 6.86. The summed E-state index contributed by atoms with van der Waals surface area (Å²) in [6.45, 7) is 8.07. The average Bonchev–Trinajstić information content (AvgIpc) is 3.28. The number of anilines is 1. The summed E-state index contributed by atoms with van der Waals surface area (Å²) in [7, 11) is 2.10. The Bertz CT molecular complexity index is 1190. The zero-order valence-electron chi connectivity index (χ0n) is 22.7. The number of rotatable bonds is 7. The number of likely N-dealkylation sites (tertiary alicyclic amines) is 1. The molecule has 38 heavy (non-hydrogen) atoms. The van der Waals surface area contributed by atoms with Crippen LogP contribution in [0, 0.1) is 17.3 Å². The number of aromatic carboxylic acids is 1. The molecule has 0 unspecified atom stereocenters. The summed E-state index contributed by atoms with van der Waals surface area (Å²) in [5, 5.41) is 16.2. The van der Waals surface area contributed by atoms with Crippen molar-refractivity contribution in [2.45, 2.75) is 77.5 Å². The van der Waals surface area contributed by atoms with Crippen molar-refractivity contribution in [1.82, 2.24) is 15.2 Å². The Kier molecular flexibility index (Phi) is 8.95. The Balaban J connectivity index is 1.30. The maximum Gasteiger partial charge on any atom is 0.348 e. The van der Waals surface area contributed by atoms with E-state index in [1.54, 1.807) is 18.3 Å². The van der Waals surface area contributed by atoms with Crippen molar-refractivity contribution in [2.75, 3.05) is 25.5 Å². The van der Waals surface area contributed by atoms with E-state index in [2.05, 4.69) is 39.4 Å². The largest absolute Gasteiger partial charge is 0.477 e. The number of carboxylic acids is 1. The van der Waals surface area contributed by atoms with Gasteiger partial charge in [0.25, 0.3) is 5.91 Å². The molecule has 4 rings (SSSR count). The molecule has 1 saturated carbocycles. The van der Waals surface area contributed by atoms with Crippen LogP contribution in [0.4, 0.5) is 5.69 Å². The van der Waals surface area contributed by atoms with E-state index >= 15 is 0 Å². The molecule has 0 atom stereocenters. The molecular formula is C29H38N4O4S. The number of pyridine rings is 1. The zero-order valence-corrected chi connectivity index (χ0v) is 23.5. The number of thiophene rings is 1. The summed E-state index contributed by atoms with van der Waals surface area (Å²) in [5.41, 5.74) is 1.05. The van der Waals surface area contributed by atoms with Crippen LogP contribution in [0.15, 0.2) is 24.4 Å². The lowest BCUT2D eigenvalue weighted by Gasteiger charge is -2.30. The SMILES string of the molecule is CN1CCC(NC(=O)c2ccnc(OC3CCC(Nc4cc(C#CC(C)(C)C)sc4C(=O)O)CC3)c2)CC1. The van der Waals surface area contributed by atoms with E-state index in [9.17, 15) is 14.7 Å². The first-order chi connectivity index (χ1) is 18.1. The summed E-state index contributed by atoms with van der Waals surface area (Å²) >= 11 is 1.21. The van der Waals surface area contributed by atoms with Crippen LogP contribution >= 0.6 is 11.3 Å². The summed E-state index contributed by atoms with van der Waals surface area (Å²) in [6.07, 6.45) is 6.86. The molecule has 0 aromatic carbocycles. The predicted molar refractivity (Wildman–Crippen MR) is 150 cm³/mol. The standard InChI is InChI=1S/C29H38N4O4S/c1-29(2,3)13-9-23-18-24(26(38-23)28(35)36)31-20-5-7-22(8-6-20)37-25-17-19(10-14-30-25)27(34)32-21-11-15-33(4)16-12-21/h10,14,17-18,20-22,31H,5-8,11-12,15-16H2,1-4H3,(H,32,34)(H,35,36). The lowest BCUT2D eigenvalue weighted by atomic mass is 9.92. The fourth-order valence-corrected chi connectivity index (χ4v) is 5.53. The van der Waals surface area contributed by atoms with Crippen LogP contribution in [0.3, 0.4) is 0 Å². The fourth-order valence-electron chi connectivity index (χ4n) is 4.72. The van der Waals surface area contributed by atoms with Crippen LogP contribution in [-0.4, -0.2) is 65.2 Å². The third kappa shape index (κ3) is 7.95. The molecule has 1 amide bonds. The first-order valence-electron chi connectivity index (χ1n) is 13.3. The van der Waals surface area contributed by atoms with Crippen molar-refractivity contribution in [3.63, 3.8) is 0 Å². The summed E-state index contributed by atoms with van der Waals surface area (Å²) in [4.78, 5) is 32.2. The van der Waals surface area contributed by atoms with Gasteiger partial charge in [-0.25, -0.2) is 9.78 Å². The molecular weight excluding hydrogens is 500 g/mol. The molecule has 3 heterocycles. The summed E-state index contributed by atoms with van der Waals surface area (Å²) in [6, 6.07) is 5.65. The van der Waals surface area contributed by atoms with Crippen molar-refractivity contribution in [3.05, 3.63) is 39.7 Å². The van der Waals surface area contributed by atoms with E-state index < -0.39 is 5.97 Å². The molecule has 0 spiro atoms. The van der Waals surface area contributed by atoms with Crippen molar-refractivity contribution in [1.29, 1.82) is 0 Å². The third-order valence-corrected chi connectivity index (χ3v) is 7.90. The number of carboxylic acid groups (broad SMARTS) is 1. The van der Waals surface area contributed by atoms with Crippen LogP contribution in [0.25, 0.3) is 0 Å². The predicted octanol–water partition coefficient (Wildman–Crippen LogP) is 4.87. The Morgan fingerprint density at radius 3 is 2.47 bits per heavy atom. The van der Waals surface area contributed by atoms with Crippen LogP contribution in [0.5, 0.6) is 5.88 Å². The quantitative estimate of drug-likeness (QED) is 0.432. The van der Waals surface area contributed by atoms with E-state index in [1.165, 1.54) is 11.3 Å². The molecule has 3 N–H and O–H groups in total. The van der Waals surface area contributed by atoms with Crippen LogP contribution < -0.4 is 15.4 Å². The minimum absolute atomic E-state index is 0.00220. The van der Waals surface area contributed by atoms with Crippen LogP contribution in [0.2, 0.25) is 0 Å². The highest BCUT2D eigenvalue weighted by Gasteiger charge is 2.26. The van der Waals surface area contributed by atoms with Crippen molar-refractivity contribution >= 4 is 28.9 Å². The Morgan fingerprint density at radius 2 is 1.82 bits per heavy atom. The van der Waals surface area contributed by atoms with Gasteiger partial charge in [-0.1, -0.05) is 11.8 Å². The first kappa shape index (κ1) is 27.9. The molecule has 0 radical (unpaired) electrons. The molecule has 204 valence electrons. The molecule has 2 aromatic heterocycles. The lowest BCUT2D eigenvalue weighted by molar-refractivity contribution is 0.0702. The van der Waals surface area contributed by atoms with Gasteiger partial charge in [0.1, 0.15) is 11.0 Å². The van der Waals surface area contributed by atoms with Crippen molar-refractivity contribution < 1.29 is 19.4 Å². The van der Waals surface area contributed by atoms with Gasteiger partial charge in [-0.15, -0.1) is 11.3 Å². The van der Waals surface area contributed by atoms with Gasteiger partial charge in [-0.05, 0) is 91.6 Å². The minimum Gasteiger partial charge on any atom is -0.477 e. The number of hydrogen-bond donors (Lipinski definition) is 3. The van der Waals surface area contributed by atoms with Gasteiger partial charge < -0.3 is 25.4 Å².